The highest BCUT2D eigenvalue weighted by molar-refractivity contribution is 6.07. The van der Waals surface area contributed by atoms with E-state index in [0.29, 0.717) is 31.2 Å². The molecule has 1 aliphatic carbocycles. The van der Waals surface area contributed by atoms with Gasteiger partial charge in [-0.05, 0) is 37.0 Å². The van der Waals surface area contributed by atoms with Crippen molar-refractivity contribution in [3.63, 3.8) is 0 Å². The Labute approximate surface area is 144 Å². The summed E-state index contributed by atoms with van der Waals surface area (Å²) in [4.78, 5) is 28.9. The Hall–Kier alpha value is -1.14. The van der Waals surface area contributed by atoms with Gasteiger partial charge in [0, 0.05) is 13.1 Å². The Bertz CT molecular complexity index is 492. The summed E-state index contributed by atoms with van der Waals surface area (Å²) in [5.74, 6) is 0.609. The number of hydrogen-bond acceptors (Lipinski definition) is 4. The van der Waals surface area contributed by atoms with E-state index < -0.39 is 5.54 Å². The lowest BCUT2D eigenvalue weighted by molar-refractivity contribution is -0.135. The van der Waals surface area contributed by atoms with E-state index in [0.717, 1.165) is 45.2 Å². The van der Waals surface area contributed by atoms with Crippen LogP contribution < -0.4 is 5.32 Å². The van der Waals surface area contributed by atoms with Gasteiger partial charge in [0.05, 0.1) is 19.9 Å². The minimum Gasteiger partial charge on any atom is -0.379 e. The lowest BCUT2D eigenvalue weighted by Gasteiger charge is -2.42. The molecule has 0 radical (unpaired) electrons. The Kier molecular flexibility index (Phi) is 4.89. The topological polar surface area (TPSA) is 61.9 Å². The first-order valence-electron chi connectivity index (χ1n) is 9.32. The summed E-state index contributed by atoms with van der Waals surface area (Å²) in [5, 5.41) is 3.03. The summed E-state index contributed by atoms with van der Waals surface area (Å²) in [5.41, 5.74) is -0.343. The van der Waals surface area contributed by atoms with Gasteiger partial charge in [-0.3, -0.25) is 9.69 Å². The van der Waals surface area contributed by atoms with Gasteiger partial charge in [-0.2, -0.15) is 0 Å². The van der Waals surface area contributed by atoms with Crippen molar-refractivity contribution in [2.45, 2.75) is 58.4 Å². The summed E-state index contributed by atoms with van der Waals surface area (Å²) in [6.07, 6.45) is 4.71. The van der Waals surface area contributed by atoms with Crippen LogP contribution in [-0.2, 0) is 9.53 Å². The fraction of sp³-hybridized carbons (Fsp3) is 0.889. The molecule has 1 saturated carbocycles. The third-order valence-corrected chi connectivity index (χ3v) is 6.55. The highest BCUT2D eigenvalue weighted by Gasteiger charge is 2.53. The van der Waals surface area contributed by atoms with Crippen LogP contribution in [0.3, 0.4) is 0 Å². The fourth-order valence-corrected chi connectivity index (χ4v) is 4.27. The highest BCUT2D eigenvalue weighted by Crippen LogP contribution is 2.45. The summed E-state index contributed by atoms with van der Waals surface area (Å²) >= 11 is 0. The number of hydrogen-bond donors (Lipinski definition) is 1. The SMILES string of the molecule is CCC(C)(C)C1CCC2(CC1)NC(=O)N(CN1CCOCC1)C2=O. The standard InChI is InChI=1S/C18H31N3O3/c1-4-17(2,3)14-5-7-18(8-6-14)15(22)21(16(23)19-18)13-20-9-11-24-12-10-20/h14H,4-13H2,1-3H3,(H,19,23). The number of imide groups is 1. The molecule has 0 unspecified atom stereocenters. The van der Waals surface area contributed by atoms with Crippen molar-refractivity contribution < 1.29 is 14.3 Å². The van der Waals surface area contributed by atoms with Crippen molar-refractivity contribution in [3.8, 4) is 0 Å². The number of amides is 3. The van der Waals surface area contributed by atoms with Crippen molar-refractivity contribution >= 4 is 11.9 Å². The molecule has 3 fully saturated rings. The fourth-order valence-electron chi connectivity index (χ4n) is 4.27. The first-order valence-corrected chi connectivity index (χ1v) is 9.32. The minimum atomic E-state index is -0.649. The molecule has 24 heavy (non-hydrogen) atoms. The van der Waals surface area contributed by atoms with Gasteiger partial charge >= 0.3 is 6.03 Å². The van der Waals surface area contributed by atoms with Crippen molar-refractivity contribution in [2.75, 3.05) is 33.0 Å². The first-order chi connectivity index (χ1) is 11.4. The molecule has 2 heterocycles. The summed E-state index contributed by atoms with van der Waals surface area (Å²) < 4.78 is 5.34. The van der Waals surface area contributed by atoms with Gasteiger partial charge in [0.15, 0.2) is 0 Å². The molecule has 6 nitrogen and oxygen atoms in total. The Morgan fingerprint density at radius 2 is 1.83 bits per heavy atom. The first kappa shape index (κ1) is 17.7. The second-order valence-corrected chi connectivity index (χ2v) is 8.23. The number of carbonyl (C=O) groups is 2. The van der Waals surface area contributed by atoms with Gasteiger partial charge in [0.25, 0.3) is 5.91 Å². The predicted molar refractivity (Wildman–Crippen MR) is 91.4 cm³/mol. The Balaban J connectivity index is 1.63. The smallest absolute Gasteiger partial charge is 0.326 e. The van der Waals surface area contributed by atoms with Crippen LogP contribution in [-0.4, -0.2) is 60.2 Å². The zero-order valence-corrected chi connectivity index (χ0v) is 15.3. The zero-order chi connectivity index (χ0) is 17.4. The lowest BCUT2D eigenvalue weighted by atomic mass is 9.65. The summed E-state index contributed by atoms with van der Waals surface area (Å²) in [7, 11) is 0. The van der Waals surface area contributed by atoms with Crippen LogP contribution in [0.25, 0.3) is 0 Å². The van der Waals surface area contributed by atoms with E-state index in [-0.39, 0.29) is 11.9 Å². The van der Waals surface area contributed by atoms with E-state index in [1.165, 1.54) is 4.90 Å². The van der Waals surface area contributed by atoms with Gasteiger partial charge < -0.3 is 10.1 Å². The third kappa shape index (κ3) is 3.18. The number of morpholine rings is 1. The van der Waals surface area contributed by atoms with E-state index in [4.69, 9.17) is 4.74 Å². The quantitative estimate of drug-likeness (QED) is 0.799. The van der Waals surface area contributed by atoms with Gasteiger partial charge in [0.1, 0.15) is 5.54 Å². The number of rotatable bonds is 4. The van der Waals surface area contributed by atoms with Crippen LogP contribution >= 0.6 is 0 Å². The van der Waals surface area contributed by atoms with E-state index in [1.54, 1.807) is 0 Å². The molecule has 136 valence electrons. The molecule has 2 saturated heterocycles. The molecule has 3 rings (SSSR count). The van der Waals surface area contributed by atoms with Crippen LogP contribution in [0.15, 0.2) is 0 Å². The molecular formula is C18H31N3O3. The van der Waals surface area contributed by atoms with Gasteiger partial charge in [-0.1, -0.05) is 27.2 Å². The van der Waals surface area contributed by atoms with Crippen molar-refractivity contribution in [1.29, 1.82) is 0 Å². The van der Waals surface area contributed by atoms with Crippen LogP contribution in [0.2, 0.25) is 0 Å². The van der Waals surface area contributed by atoms with Gasteiger partial charge in [-0.25, -0.2) is 9.69 Å². The number of nitrogens with one attached hydrogen (secondary N) is 1. The maximum absolute atomic E-state index is 13.0. The van der Waals surface area contributed by atoms with Crippen LogP contribution in [0.4, 0.5) is 4.79 Å². The average molecular weight is 337 g/mol. The molecule has 0 aromatic heterocycles. The number of ether oxygens (including phenoxy) is 1. The predicted octanol–water partition coefficient (Wildman–Crippen LogP) is 2.19. The molecule has 0 aromatic carbocycles. The molecule has 2 aliphatic heterocycles. The van der Waals surface area contributed by atoms with Gasteiger partial charge in [-0.15, -0.1) is 0 Å². The summed E-state index contributed by atoms with van der Waals surface area (Å²) in [6.45, 7) is 10.1. The minimum absolute atomic E-state index is 0.0215. The largest absolute Gasteiger partial charge is 0.379 e. The van der Waals surface area contributed by atoms with E-state index in [2.05, 4.69) is 31.0 Å². The maximum Gasteiger partial charge on any atom is 0.326 e. The molecule has 3 amide bonds. The third-order valence-electron chi connectivity index (χ3n) is 6.55. The molecule has 0 aromatic rings. The molecule has 3 aliphatic rings. The number of nitrogens with zero attached hydrogens (tertiary/aromatic N) is 2. The second-order valence-electron chi connectivity index (χ2n) is 8.23. The van der Waals surface area contributed by atoms with E-state index in [9.17, 15) is 9.59 Å². The van der Waals surface area contributed by atoms with Crippen molar-refractivity contribution in [2.24, 2.45) is 11.3 Å². The molecule has 0 bridgehead atoms. The highest BCUT2D eigenvalue weighted by atomic mass is 16.5. The van der Waals surface area contributed by atoms with Crippen molar-refractivity contribution in [3.05, 3.63) is 0 Å². The Morgan fingerprint density at radius 3 is 2.42 bits per heavy atom. The molecular weight excluding hydrogens is 306 g/mol. The molecule has 1 spiro atoms. The Morgan fingerprint density at radius 1 is 1.21 bits per heavy atom. The zero-order valence-electron chi connectivity index (χ0n) is 15.3. The average Bonchev–Trinajstić information content (AvgIpc) is 2.80. The molecule has 6 heteroatoms. The van der Waals surface area contributed by atoms with Crippen LogP contribution in [0, 0.1) is 11.3 Å². The second kappa shape index (κ2) is 6.64. The number of urea groups is 1. The maximum atomic E-state index is 13.0. The molecule has 1 N–H and O–H groups in total. The summed E-state index contributed by atoms with van der Waals surface area (Å²) in [6, 6.07) is -0.223. The van der Waals surface area contributed by atoms with Crippen LogP contribution in [0.1, 0.15) is 52.9 Å². The number of carbonyl (C=O) groups excluding carboxylic acids is 2. The lowest BCUT2D eigenvalue weighted by Crippen LogP contribution is -2.51. The van der Waals surface area contributed by atoms with Gasteiger partial charge in [0.2, 0.25) is 0 Å². The monoisotopic (exact) mass is 337 g/mol. The van der Waals surface area contributed by atoms with Crippen molar-refractivity contribution in [1.82, 2.24) is 15.1 Å². The van der Waals surface area contributed by atoms with E-state index in [1.807, 2.05) is 0 Å². The van der Waals surface area contributed by atoms with Crippen LogP contribution in [0.5, 0.6) is 0 Å². The molecule has 0 atom stereocenters. The van der Waals surface area contributed by atoms with E-state index >= 15 is 0 Å². The normalized spacial score (nSPS) is 32.5.